The molecule has 0 aromatic rings. The second-order valence-corrected chi connectivity index (χ2v) is 1.63. The number of hydrogen-bond donors (Lipinski definition) is 3. The molecule has 0 radical (unpaired) electrons. The Morgan fingerprint density at radius 2 is 1.75 bits per heavy atom. The SMILES string of the molecule is C=CC(=O)O.COC(C)=C(O)O. The minimum atomic E-state index is -0.981. The van der Waals surface area contributed by atoms with Gasteiger partial charge in [0.15, 0.2) is 5.76 Å². The topological polar surface area (TPSA) is 87.0 Å². The number of aliphatic hydroxyl groups excluding tert-OH is 1. The fourth-order valence-corrected chi connectivity index (χ4v) is 0.0913. The molecule has 3 N–H and O–H groups in total. The van der Waals surface area contributed by atoms with E-state index in [0.717, 1.165) is 6.08 Å². The third-order valence-corrected chi connectivity index (χ3v) is 0.796. The Hall–Kier alpha value is -1.65. The molecule has 0 spiro atoms. The number of methoxy groups -OCH3 is 1. The van der Waals surface area contributed by atoms with Crippen molar-refractivity contribution in [1.29, 1.82) is 0 Å². The van der Waals surface area contributed by atoms with Crippen LogP contribution in [0.4, 0.5) is 0 Å². The summed E-state index contributed by atoms with van der Waals surface area (Å²) in [6, 6.07) is 0. The molecule has 0 bridgehead atoms. The zero-order chi connectivity index (χ0) is 10.1. The lowest BCUT2D eigenvalue weighted by molar-refractivity contribution is -0.131. The molecule has 0 aliphatic carbocycles. The van der Waals surface area contributed by atoms with Crippen LogP contribution in [0.1, 0.15) is 6.92 Å². The molecule has 70 valence electrons. The van der Waals surface area contributed by atoms with Crippen LogP contribution in [0, 0.1) is 0 Å². The summed E-state index contributed by atoms with van der Waals surface area (Å²) in [4.78, 5) is 9.25. The molecule has 0 aliphatic heterocycles. The smallest absolute Gasteiger partial charge is 0.327 e. The van der Waals surface area contributed by atoms with Crippen LogP contribution in [0.2, 0.25) is 0 Å². The molecule has 0 atom stereocenters. The van der Waals surface area contributed by atoms with Crippen LogP contribution in [-0.4, -0.2) is 28.4 Å². The first-order chi connectivity index (χ1) is 5.45. The molecule has 0 aromatic heterocycles. The summed E-state index contributed by atoms with van der Waals surface area (Å²) in [6.07, 6.45) is 0.833. The monoisotopic (exact) mass is 176 g/mol. The highest BCUT2D eigenvalue weighted by molar-refractivity contribution is 5.78. The number of carbonyl (C=O) groups is 1. The van der Waals surface area contributed by atoms with E-state index in [1.54, 1.807) is 0 Å². The summed E-state index contributed by atoms with van der Waals surface area (Å²) >= 11 is 0. The highest BCUT2D eigenvalue weighted by Crippen LogP contribution is 1.94. The molecule has 0 saturated heterocycles. The largest absolute Gasteiger partial charge is 0.494 e. The van der Waals surface area contributed by atoms with E-state index in [4.69, 9.17) is 15.3 Å². The molecule has 0 aromatic carbocycles. The van der Waals surface area contributed by atoms with Crippen LogP contribution in [0.5, 0.6) is 0 Å². The molecular weight excluding hydrogens is 164 g/mol. The first kappa shape index (κ1) is 13.0. The van der Waals surface area contributed by atoms with Gasteiger partial charge in [-0.25, -0.2) is 4.79 Å². The summed E-state index contributed by atoms with van der Waals surface area (Å²) in [6.45, 7) is 4.41. The van der Waals surface area contributed by atoms with Crippen molar-refractivity contribution in [2.45, 2.75) is 6.92 Å². The van der Waals surface area contributed by atoms with Gasteiger partial charge < -0.3 is 20.1 Å². The first-order valence-electron chi connectivity index (χ1n) is 2.93. The second kappa shape index (κ2) is 7.46. The minimum absolute atomic E-state index is 0.125. The van der Waals surface area contributed by atoms with Gasteiger partial charge in [0.1, 0.15) is 0 Å². The normalized spacial score (nSPS) is 7.17. The van der Waals surface area contributed by atoms with Crippen LogP contribution in [-0.2, 0) is 9.53 Å². The van der Waals surface area contributed by atoms with Crippen molar-refractivity contribution >= 4 is 5.97 Å². The molecule has 5 nitrogen and oxygen atoms in total. The third kappa shape index (κ3) is 11.2. The second-order valence-electron chi connectivity index (χ2n) is 1.63. The van der Waals surface area contributed by atoms with E-state index in [2.05, 4.69) is 11.3 Å². The Morgan fingerprint density at radius 1 is 1.42 bits per heavy atom. The molecule has 0 fully saturated rings. The highest BCUT2D eigenvalue weighted by atomic mass is 16.5. The maximum absolute atomic E-state index is 9.25. The fraction of sp³-hybridized carbons (Fsp3) is 0.286. The van der Waals surface area contributed by atoms with Crippen molar-refractivity contribution in [2.24, 2.45) is 0 Å². The van der Waals surface area contributed by atoms with Gasteiger partial charge in [-0.2, -0.15) is 0 Å². The number of aliphatic hydroxyl groups is 2. The van der Waals surface area contributed by atoms with E-state index in [1.807, 2.05) is 0 Å². The van der Waals surface area contributed by atoms with Gasteiger partial charge in [-0.05, 0) is 0 Å². The van der Waals surface area contributed by atoms with Crippen molar-refractivity contribution in [3.05, 3.63) is 24.4 Å². The number of rotatable bonds is 2. The van der Waals surface area contributed by atoms with Gasteiger partial charge in [0.2, 0.25) is 0 Å². The van der Waals surface area contributed by atoms with Gasteiger partial charge in [-0.1, -0.05) is 6.58 Å². The number of carboxylic acid groups (broad SMARTS) is 1. The number of ether oxygens (including phenoxy) is 1. The molecule has 0 heterocycles. The van der Waals surface area contributed by atoms with Gasteiger partial charge in [0.25, 0.3) is 0 Å². The van der Waals surface area contributed by atoms with E-state index in [1.165, 1.54) is 14.0 Å². The number of allylic oxidation sites excluding steroid dienone is 1. The number of carboxylic acids is 1. The van der Waals surface area contributed by atoms with Gasteiger partial charge in [-0.3, -0.25) is 0 Å². The Labute approximate surface area is 70.2 Å². The van der Waals surface area contributed by atoms with Gasteiger partial charge in [0.05, 0.1) is 7.11 Å². The Kier molecular flexibility index (Phi) is 8.06. The number of hydrogen-bond acceptors (Lipinski definition) is 4. The average molecular weight is 176 g/mol. The molecule has 0 unspecified atom stereocenters. The van der Waals surface area contributed by atoms with Crippen LogP contribution in [0.15, 0.2) is 24.4 Å². The molecule has 5 heteroatoms. The van der Waals surface area contributed by atoms with E-state index < -0.39 is 11.9 Å². The van der Waals surface area contributed by atoms with E-state index >= 15 is 0 Å². The zero-order valence-electron chi connectivity index (χ0n) is 6.94. The van der Waals surface area contributed by atoms with Crippen LogP contribution in [0.3, 0.4) is 0 Å². The summed E-state index contributed by atoms with van der Waals surface area (Å²) in [5.74, 6) is -1.62. The Bertz CT molecular complexity index is 178. The van der Waals surface area contributed by atoms with E-state index in [9.17, 15) is 4.79 Å². The Balaban J connectivity index is 0. The molecule has 0 saturated carbocycles. The lowest BCUT2D eigenvalue weighted by atomic mass is 10.6. The average Bonchev–Trinajstić information content (AvgIpc) is 2.04. The third-order valence-electron chi connectivity index (χ3n) is 0.796. The van der Waals surface area contributed by atoms with Crippen molar-refractivity contribution < 1.29 is 24.9 Å². The zero-order valence-corrected chi connectivity index (χ0v) is 6.94. The maximum Gasteiger partial charge on any atom is 0.327 e. The van der Waals surface area contributed by atoms with Gasteiger partial charge >= 0.3 is 11.9 Å². The van der Waals surface area contributed by atoms with E-state index in [0.29, 0.717) is 0 Å². The van der Waals surface area contributed by atoms with Crippen LogP contribution in [0.25, 0.3) is 0 Å². The predicted molar refractivity (Wildman–Crippen MR) is 42.8 cm³/mol. The highest BCUT2D eigenvalue weighted by Gasteiger charge is 1.91. The Morgan fingerprint density at radius 3 is 1.75 bits per heavy atom. The van der Waals surface area contributed by atoms with Crippen molar-refractivity contribution in [2.75, 3.05) is 7.11 Å². The van der Waals surface area contributed by atoms with Crippen LogP contribution < -0.4 is 0 Å². The van der Waals surface area contributed by atoms with Crippen LogP contribution >= 0.6 is 0 Å². The molecular formula is C7H12O5. The fourth-order valence-electron chi connectivity index (χ4n) is 0.0913. The maximum atomic E-state index is 9.25. The summed E-state index contributed by atoms with van der Waals surface area (Å²) in [5.41, 5.74) is 0. The lowest BCUT2D eigenvalue weighted by Crippen LogP contribution is -1.86. The molecule has 12 heavy (non-hydrogen) atoms. The first-order valence-corrected chi connectivity index (χ1v) is 2.93. The van der Waals surface area contributed by atoms with Crippen molar-refractivity contribution in [3.63, 3.8) is 0 Å². The standard InChI is InChI=1S/C4H8O3.C3H4O2/c1-3(7-2)4(5)6;1-2-3(4)5/h5-6H,1-2H3;2H,1H2,(H,4,5). The number of aliphatic carboxylic acids is 1. The minimum Gasteiger partial charge on any atom is -0.494 e. The molecule has 0 amide bonds. The van der Waals surface area contributed by atoms with Gasteiger partial charge in [0, 0.05) is 13.0 Å². The predicted octanol–water partition coefficient (Wildman–Crippen LogP) is 1.19. The molecule has 0 rings (SSSR count). The van der Waals surface area contributed by atoms with E-state index in [-0.39, 0.29) is 5.76 Å². The lowest BCUT2D eigenvalue weighted by Gasteiger charge is -1.94. The quantitative estimate of drug-likeness (QED) is 0.434. The van der Waals surface area contributed by atoms with Crippen molar-refractivity contribution in [3.8, 4) is 0 Å². The molecule has 0 aliphatic rings. The summed E-state index contributed by atoms with van der Waals surface area (Å²) < 4.78 is 4.39. The summed E-state index contributed by atoms with van der Waals surface area (Å²) in [7, 11) is 1.36. The van der Waals surface area contributed by atoms with Crippen molar-refractivity contribution in [1.82, 2.24) is 0 Å². The summed E-state index contributed by atoms with van der Waals surface area (Å²) in [5, 5.41) is 23.9. The van der Waals surface area contributed by atoms with Gasteiger partial charge in [-0.15, -0.1) is 0 Å².